The van der Waals surface area contributed by atoms with E-state index < -0.39 is 17.7 Å². The molecule has 0 aliphatic carbocycles. The highest BCUT2D eigenvalue weighted by Crippen LogP contribution is 2.30. The molecule has 0 fully saturated rings. The van der Waals surface area contributed by atoms with Crippen LogP contribution in [0.15, 0.2) is 36.5 Å². The monoisotopic (exact) mass is 442 g/mol. The van der Waals surface area contributed by atoms with E-state index in [-0.39, 0.29) is 53.8 Å². The van der Waals surface area contributed by atoms with E-state index in [1.165, 1.54) is 23.9 Å². The molecule has 1 aromatic carbocycles. The average molecular weight is 442 g/mol. The fourth-order valence-electron chi connectivity index (χ4n) is 2.98. The predicted molar refractivity (Wildman–Crippen MR) is 116 cm³/mol. The summed E-state index contributed by atoms with van der Waals surface area (Å²) in [6.45, 7) is 0.0365. The van der Waals surface area contributed by atoms with Gasteiger partial charge in [-0.15, -0.1) is 0 Å². The second kappa shape index (κ2) is 8.79. The Balaban J connectivity index is 0.00000289. The summed E-state index contributed by atoms with van der Waals surface area (Å²) in [5.41, 5.74) is 12.6. The van der Waals surface area contributed by atoms with Crippen LogP contribution in [0.5, 0.6) is 0 Å². The molecule has 0 unspecified atom stereocenters. The Kier molecular flexibility index (Phi) is 6.14. The molecule has 166 valence electrons. The van der Waals surface area contributed by atoms with Crippen molar-refractivity contribution in [2.45, 2.75) is 14.0 Å². The van der Waals surface area contributed by atoms with E-state index in [2.05, 4.69) is 30.1 Å². The van der Waals surface area contributed by atoms with Crippen LogP contribution in [-0.2, 0) is 11.3 Å². The van der Waals surface area contributed by atoms with Crippen LogP contribution < -0.4 is 16.8 Å². The third-order valence-corrected chi connectivity index (χ3v) is 4.42. The number of hydrogen-bond acceptors (Lipinski definition) is 8. The number of aromatic nitrogens is 5. The van der Waals surface area contributed by atoms with Crippen molar-refractivity contribution in [3.63, 3.8) is 0 Å². The SMILES string of the molecule is C.COC(=O)Nc1c(N)nc(-c2nn(Cc3ccccc3F)c3ncc(F)cc23)nc1N. The normalized spacial score (nSPS) is 10.6. The van der Waals surface area contributed by atoms with Gasteiger partial charge < -0.3 is 16.2 Å². The summed E-state index contributed by atoms with van der Waals surface area (Å²) >= 11 is 0. The fraction of sp³-hybridized carbons (Fsp3) is 0.150. The molecular weight excluding hydrogens is 422 g/mol. The first-order valence-corrected chi connectivity index (χ1v) is 8.91. The van der Waals surface area contributed by atoms with Crippen LogP contribution in [0.1, 0.15) is 13.0 Å². The number of nitrogens with two attached hydrogens (primary N) is 2. The molecule has 0 atom stereocenters. The molecule has 5 N–H and O–H groups in total. The molecule has 0 aliphatic rings. The summed E-state index contributed by atoms with van der Waals surface area (Å²) < 4.78 is 34.0. The van der Waals surface area contributed by atoms with Crippen molar-refractivity contribution in [2.75, 3.05) is 23.9 Å². The molecule has 0 bridgehead atoms. The molecule has 4 rings (SSSR count). The topological polar surface area (TPSA) is 147 Å². The van der Waals surface area contributed by atoms with Gasteiger partial charge in [-0.2, -0.15) is 5.10 Å². The molecule has 0 saturated heterocycles. The number of nitrogen functional groups attached to an aromatic ring is 2. The van der Waals surface area contributed by atoms with Crippen molar-refractivity contribution in [2.24, 2.45) is 0 Å². The molecule has 12 heteroatoms. The van der Waals surface area contributed by atoms with Gasteiger partial charge >= 0.3 is 6.09 Å². The molecule has 0 spiro atoms. The molecule has 3 aromatic heterocycles. The zero-order valence-corrected chi connectivity index (χ0v) is 16.1. The molecule has 10 nitrogen and oxygen atoms in total. The number of anilines is 3. The van der Waals surface area contributed by atoms with E-state index >= 15 is 0 Å². The maximum Gasteiger partial charge on any atom is 0.411 e. The lowest BCUT2D eigenvalue weighted by atomic mass is 10.2. The molecule has 0 aliphatic heterocycles. The number of carbonyl (C=O) groups is 1. The summed E-state index contributed by atoms with van der Waals surface area (Å²) in [6, 6.07) is 7.40. The Morgan fingerprint density at radius 3 is 2.53 bits per heavy atom. The van der Waals surface area contributed by atoms with Crippen LogP contribution in [0, 0.1) is 11.6 Å². The van der Waals surface area contributed by atoms with E-state index in [9.17, 15) is 13.6 Å². The van der Waals surface area contributed by atoms with Crippen molar-refractivity contribution in [3.05, 3.63) is 53.7 Å². The van der Waals surface area contributed by atoms with E-state index in [4.69, 9.17) is 11.5 Å². The number of rotatable bonds is 4. The van der Waals surface area contributed by atoms with Crippen molar-refractivity contribution in [1.29, 1.82) is 0 Å². The van der Waals surface area contributed by atoms with Crippen molar-refractivity contribution in [1.82, 2.24) is 24.7 Å². The number of carbonyl (C=O) groups excluding carboxylic acids is 1. The number of methoxy groups -OCH3 is 1. The molecule has 4 aromatic rings. The van der Waals surface area contributed by atoms with Crippen LogP contribution >= 0.6 is 0 Å². The number of amides is 1. The highest BCUT2D eigenvalue weighted by molar-refractivity contribution is 5.94. The predicted octanol–water partition coefficient (Wildman–Crippen LogP) is 3.19. The van der Waals surface area contributed by atoms with Crippen LogP contribution in [0.4, 0.5) is 30.9 Å². The number of ether oxygens (including phenoxy) is 1. The number of hydrogen-bond donors (Lipinski definition) is 3. The Morgan fingerprint density at radius 2 is 1.88 bits per heavy atom. The lowest BCUT2D eigenvalue weighted by Crippen LogP contribution is -2.16. The minimum absolute atomic E-state index is 0. The Bertz CT molecular complexity index is 1290. The summed E-state index contributed by atoms with van der Waals surface area (Å²) in [6.07, 6.45) is 0.221. The standard InChI is InChI=1S/C19H16F2N8O2.CH4/c1-31-19(30)25-14-15(22)26-17(27-16(14)23)13-11-6-10(20)7-24-18(11)29(28-13)8-9-4-2-3-5-12(9)21;/h2-7H,8H2,1H3,(H,25,30)(H4,22,23,26,27);1H4. The first kappa shape index (κ1) is 22.3. The number of nitrogens with one attached hydrogen (secondary N) is 1. The lowest BCUT2D eigenvalue weighted by molar-refractivity contribution is 0.187. The molecule has 32 heavy (non-hydrogen) atoms. The maximum atomic E-state index is 14.1. The fourth-order valence-corrected chi connectivity index (χ4v) is 2.98. The third kappa shape index (κ3) is 4.10. The van der Waals surface area contributed by atoms with Gasteiger partial charge in [-0.05, 0) is 12.1 Å². The smallest absolute Gasteiger partial charge is 0.411 e. The van der Waals surface area contributed by atoms with Gasteiger partial charge in [0.05, 0.1) is 25.2 Å². The van der Waals surface area contributed by atoms with Crippen molar-refractivity contribution < 1.29 is 18.3 Å². The number of pyridine rings is 1. The quantitative estimate of drug-likeness (QED) is 0.437. The van der Waals surface area contributed by atoms with Gasteiger partial charge in [0.25, 0.3) is 0 Å². The Hall–Kier alpha value is -4.35. The van der Waals surface area contributed by atoms with Gasteiger partial charge in [0, 0.05) is 5.56 Å². The van der Waals surface area contributed by atoms with Crippen molar-refractivity contribution >= 4 is 34.4 Å². The van der Waals surface area contributed by atoms with E-state index in [0.29, 0.717) is 5.56 Å². The minimum atomic E-state index is -0.805. The summed E-state index contributed by atoms with van der Waals surface area (Å²) in [5, 5.41) is 7.00. The van der Waals surface area contributed by atoms with Crippen LogP contribution in [0.3, 0.4) is 0 Å². The minimum Gasteiger partial charge on any atom is -0.453 e. The number of nitrogens with zero attached hydrogens (tertiary/aromatic N) is 5. The van der Waals surface area contributed by atoms with Gasteiger partial charge in [0.1, 0.15) is 23.0 Å². The summed E-state index contributed by atoms with van der Waals surface area (Å²) in [7, 11) is 1.17. The third-order valence-electron chi connectivity index (χ3n) is 4.42. The molecule has 0 radical (unpaired) electrons. The number of benzene rings is 1. The number of fused-ring (bicyclic) bond motifs is 1. The molecular formula is C20H20F2N8O2. The van der Waals surface area contributed by atoms with E-state index in [1.54, 1.807) is 18.2 Å². The summed E-state index contributed by atoms with van der Waals surface area (Å²) in [4.78, 5) is 23.8. The van der Waals surface area contributed by atoms with E-state index in [1.807, 2.05) is 0 Å². The molecule has 3 heterocycles. The zero-order valence-electron chi connectivity index (χ0n) is 16.1. The van der Waals surface area contributed by atoms with Gasteiger partial charge in [0.2, 0.25) is 0 Å². The van der Waals surface area contributed by atoms with Crippen LogP contribution in [0.25, 0.3) is 22.6 Å². The van der Waals surface area contributed by atoms with Crippen molar-refractivity contribution in [3.8, 4) is 11.5 Å². The van der Waals surface area contributed by atoms with Crippen LogP contribution in [-0.4, -0.2) is 37.9 Å². The zero-order chi connectivity index (χ0) is 22.1. The second-order valence-electron chi connectivity index (χ2n) is 6.43. The highest BCUT2D eigenvalue weighted by atomic mass is 19.1. The average Bonchev–Trinajstić information content (AvgIpc) is 3.09. The Labute approximate surface area is 181 Å². The van der Waals surface area contributed by atoms with Crippen LogP contribution in [0.2, 0.25) is 0 Å². The first-order valence-electron chi connectivity index (χ1n) is 8.91. The van der Waals surface area contributed by atoms with Gasteiger partial charge in [0.15, 0.2) is 23.1 Å². The largest absolute Gasteiger partial charge is 0.453 e. The van der Waals surface area contributed by atoms with Gasteiger partial charge in [-0.1, -0.05) is 25.6 Å². The second-order valence-corrected chi connectivity index (χ2v) is 6.43. The lowest BCUT2D eigenvalue weighted by Gasteiger charge is -2.10. The van der Waals surface area contributed by atoms with E-state index in [0.717, 1.165) is 6.20 Å². The maximum absolute atomic E-state index is 14.1. The van der Waals surface area contributed by atoms with Gasteiger partial charge in [-0.25, -0.2) is 33.2 Å². The Morgan fingerprint density at radius 1 is 1.19 bits per heavy atom. The molecule has 0 saturated carbocycles. The summed E-state index contributed by atoms with van der Waals surface area (Å²) in [5.74, 6) is -1.33. The van der Waals surface area contributed by atoms with Gasteiger partial charge in [-0.3, -0.25) is 5.32 Å². The number of halogens is 2. The first-order chi connectivity index (χ1) is 14.9. The highest BCUT2D eigenvalue weighted by Gasteiger charge is 2.21. The molecule has 1 amide bonds.